The van der Waals surface area contributed by atoms with Crippen LogP contribution < -0.4 is 5.56 Å². The lowest BCUT2D eigenvalue weighted by Crippen LogP contribution is -2.33. The largest absolute Gasteiger partial charge is 0.425 e. The molecule has 0 amide bonds. The van der Waals surface area contributed by atoms with E-state index in [2.05, 4.69) is 4.98 Å². The molecule has 0 aromatic carbocycles. The summed E-state index contributed by atoms with van der Waals surface area (Å²) in [6.45, 7) is 6.58. The highest BCUT2D eigenvalue weighted by Gasteiger charge is 2.23. The summed E-state index contributed by atoms with van der Waals surface area (Å²) in [4.78, 5) is 15.6. The minimum atomic E-state index is -1.30. The van der Waals surface area contributed by atoms with Crippen LogP contribution in [0.5, 0.6) is 0 Å². The van der Waals surface area contributed by atoms with Gasteiger partial charge in [-0.15, -0.1) is 4.73 Å². The fraction of sp³-hybridized carbons (Fsp3) is 0.600. The van der Waals surface area contributed by atoms with Gasteiger partial charge in [-0.3, -0.25) is 9.78 Å². The Balaban J connectivity index is 3.42. The Morgan fingerprint density at radius 3 is 2.40 bits per heavy atom. The molecule has 0 atom stereocenters. The second kappa shape index (κ2) is 3.66. The van der Waals surface area contributed by atoms with Crippen LogP contribution in [0.3, 0.4) is 0 Å². The smallest absolute Gasteiger partial charge is 0.305 e. The minimum Gasteiger partial charge on any atom is -0.425 e. The lowest BCUT2D eigenvalue weighted by Gasteiger charge is -2.19. The molecule has 1 heterocycles. The molecular formula is C10H16N2O3. The van der Waals surface area contributed by atoms with E-state index in [1.54, 1.807) is 0 Å². The molecule has 1 rings (SSSR count). The molecule has 0 aliphatic carbocycles. The summed E-state index contributed by atoms with van der Waals surface area (Å²) in [5, 5.41) is 19.2. The van der Waals surface area contributed by atoms with E-state index in [1.165, 1.54) is 20.0 Å². The molecule has 1 aromatic rings. The maximum absolute atomic E-state index is 11.6. The number of aliphatic hydroxyl groups is 1. The third kappa shape index (κ3) is 2.18. The molecule has 0 spiro atoms. The quantitative estimate of drug-likeness (QED) is 0.712. The van der Waals surface area contributed by atoms with Crippen LogP contribution in [0.25, 0.3) is 0 Å². The summed E-state index contributed by atoms with van der Waals surface area (Å²) in [5.41, 5.74) is -1.51. The van der Waals surface area contributed by atoms with Gasteiger partial charge in [0.05, 0.1) is 6.20 Å². The normalized spacial score (nSPS) is 12.1. The van der Waals surface area contributed by atoms with E-state index in [-0.39, 0.29) is 17.3 Å². The zero-order chi connectivity index (χ0) is 11.8. The number of nitrogens with zero attached hydrogens (tertiary/aromatic N) is 2. The van der Waals surface area contributed by atoms with Gasteiger partial charge in [-0.1, -0.05) is 13.8 Å². The highest BCUT2D eigenvalue weighted by Crippen LogP contribution is 2.17. The summed E-state index contributed by atoms with van der Waals surface area (Å²) in [7, 11) is 0. The van der Waals surface area contributed by atoms with E-state index in [0.29, 0.717) is 4.73 Å². The predicted octanol–water partition coefficient (Wildman–Crippen LogP) is 0.831. The summed E-state index contributed by atoms with van der Waals surface area (Å²) < 4.78 is 0.461. The van der Waals surface area contributed by atoms with E-state index in [4.69, 9.17) is 0 Å². The maximum Gasteiger partial charge on any atom is 0.305 e. The summed E-state index contributed by atoms with van der Waals surface area (Å²) in [6, 6.07) is 0. The summed E-state index contributed by atoms with van der Waals surface area (Å²) >= 11 is 0. The first kappa shape index (κ1) is 11.7. The first-order valence-corrected chi connectivity index (χ1v) is 4.79. The summed E-state index contributed by atoms with van der Waals surface area (Å²) in [5.74, 6) is -0.0632. The van der Waals surface area contributed by atoms with Crippen LogP contribution in [0.4, 0.5) is 0 Å². The molecule has 2 N–H and O–H groups in total. The second-order valence-electron chi connectivity index (χ2n) is 4.36. The molecule has 0 aliphatic heterocycles. The molecule has 5 heteroatoms. The van der Waals surface area contributed by atoms with Crippen LogP contribution in [0.15, 0.2) is 11.0 Å². The van der Waals surface area contributed by atoms with E-state index in [1.807, 2.05) is 13.8 Å². The van der Waals surface area contributed by atoms with Crippen molar-refractivity contribution in [2.24, 2.45) is 0 Å². The van der Waals surface area contributed by atoms with Crippen LogP contribution in [-0.2, 0) is 5.60 Å². The van der Waals surface area contributed by atoms with Crippen LogP contribution >= 0.6 is 0 Å². The zero-order valence-electron chi connectivity index (χ0n) is 9.35. The van der Waals surface area contributed by atoms with Crippen LogP contribution in [0.2, 0.25) is 0 Å². The van der Waals surface area contributed by atoms with Crippen LogP contribution in [0.1, 0.15) is 45.0 Å². The van der Waals surface area contributed by atoms with Crippen LogP contribution in [-0.4, -0.2) is 20.0 Å². The van der Waals surface area contributed by atoms with Crippen LogP contribution in [0, 0.1) is 0 Å². The van der Waals surface area contributed by atoms with Gasteiger partial charge >= 0.3 is 5.56 Å². The molecule has 0 aliphatic rings. The first-order chi connectivity index (χ1) is 6.75. The number of hydrogen-bond donors (Lipinski definition) is 2. The van der Waals surface area contributed by atoms with Gasteiger partial charge in [-0.05, 0) is 13.8 Å². The monoisotopic (exact) mass is 212 g/mol. The number of hydrogen-bond acceptors (Lipinski definition) is 4. The van der Waals surface area contributed by atoms with Gasteiger partial charge in [-0.25, -0.2) is 0 Å². The zero-order valence-corrected chi connectivity index (χ0v) is 9.35. The fourth-order valence-corrected chi connectivity index (χ4v) is 1.27. The third-order valence-electron chi connectivity index (χ3n) is 2.14. The number of rotatable bonds is 2. The first-order valence-electron chi connectivity index (χ1n) is 4.79. The average Bonchev–Trinajstić information content (AvgIpc) is 2.06. The minimum absolute atomic E-state index is 0.0632. The van der Waals surface area contributed by atoms with E-state index >= 15 is 0 Å². The molecule has 0 radical (unpaired) electrons. The van der Waals surface area contributed by atoms with Gasteiger partial charge in [0, 0.05) is 5.92 Å². The fourth-order valence-electron chi connectivity index (χ4n) is 1.27. The van der Waals surface area contributed by atoms with Crippen molar-refractivity contribution in [1.29, 1.82) is 0 Å². The van der Waals surface area contributed by atoms with Crippen molar-refractivity contribution < 1.29 is 10.3 Å². The Bertz CT molecular complexity index is 416. The molecule has 84 valence electrons. The molecule has 0 saturated heterocycles. The lowest BCUT2D eigenvalue weighted by atomic mass is 10.1. The van der Waals surface area contributed by atoms with Crippen molar-refractivity contribution in [3.8, 4) is 0 Å². The van der Waals surface area contributed by atoms with Crippen molar-refractivity contribution in [3.63, 3.8) is 0 Å². The average molecular weight is 212 g/mol. The van der Waals surface area contributed by atoms with E-state index in [9.17, 15) is 15.1 Å². The Labute approximate surface area is 88.0 Å². The molecule has 0 fully saturated rings. The molecule has 15 heavy (non-hydrogen) atoms. The van der Waals surface area contributed by atoms with Crippen molar-refractivity contribution in [3.05, 3.63) is 27.9 Å². The highest BCUT2D eigenvalue weighted by atomic mass is 16.5. The third-order valence-corrected chi connectivity index (χ3v) is 2.14. The SMILES string of the molecule is CC(C)c1ncc(C(C)(C)O)n(O)c1=O. The molecule has 5 nitrogen and oxygen atoms in total. The van der Waals surface area contributed by atoms with Gasteiger partial charge in [0.25, 0.3) is 0 Å². The van der Waals surface area contributed by atoms with Gasteiger partial charge < -0.3 is 10.3 Å². The lowest BCUT2D eigenvalue weighted by molar-refractivity contribution is 0.0386. The molecular weight excluding hydrogens is 196 g/mol. The Morgan fingerprint density at radius 1 is 1.47 bits per heavy atom. The van der Waals surface area contributed by atoms with Crippen molar-refractivity contribution >= 4 is 0 Å². The Kier molecular flexibility index (Phi) is 2.86. The van der Waals surface area contributed by atoms with Gasteiger partial charge in [0.1, 0.15) is 17.0 Å². The Hall–Kier alpha value is -1.36. The van der Waals surface area contributed by atoms with Crippen molar-refractivity contribution in [2.75, 3.05) is 0 Å². The predicted molar refractivity (Wildman–Crippen MR) is 55.0 cm³/mol. The topological polar surface area (TPSA) is 75.3 Å². The maximum atomic E-state index is 11.6. The van der Waals surface area contributed by atoms with E-state index < -0.39 is 11.2 Å². The second-order valence-corrected chi connectivity index (χ2v) is 4.36. The molecule has 0 unspecified atom stereocenters. The van der Waals surface area contributed by atoms with Gasteiger partial charge in [0.15, 0.2) is 0 Å². The standard InChI is InChI=1S/C10H16N2O3/c1-6(2)8-9(13)12(15)7(5-11-8)10(3,4)14/h5-6,14-15H,1-4H3. The number of aromatic nitrogens is 2. The van der Waals surface area contributed by atoms with Crippen molar-refractivity contribution in [1.82, 2.24) is 9.71 Å². The van der Waals surface area contributed by atoms with Gasteiger partial charge in [-0.2, -0.15) is 0 Å². The molecule has 0 bridgehead atoms. The molecule has 0 saturated carbocycles. The summed E-state index contributed by atoms with van der Waals surface area (Å²) in [6.07, 6.45) is 1.32. The van der Waals surface area contributed by atoms with Gasteiger partial charge in [0.2, 0.25) is 0 Å². The van der Waals surface area contributed by atoms with E-state index in [0.717, 1.165) is 0 Å². The van der Waals surface area contributed by atoms with Crippen molar-refractivity contribution in [2.45, 2.75) is 39.2 Å². The Morgan fingerprint density at radius 2 is 2.00 bits per heavy atom. The highest BCUT2D eigenvalue weighted by molar-refractivity contribution is 5.12. The molecule has 1 aromatic heterocycles.